The van der Waals surface area contributed by atoms with Gasteiger partial charge in [-0.25, -0.2) is 0 Å². The molecule has 0 atom stereocenters. The molecule has 0 unspecified atom stereocenters. The molecule has 0 spiro atoms. The predicted molar refractivity (Wildman–Crippen MR) is 117 cm³/mol. The molecule has 0 fully saturated rings. The lowest BCUT2D eigenvalue weighted by Gasteiger charge is -2.27. The van der Waals surface area contributed by atoms with Crippen LogP contribution in [0, 0.1) is 18.3 Å². The third-order valence-electron chi connectivity index (χ3n) is 4.60. The van der Waals surface area contributed by atoms with E-state index in [-0.39, 0.29) is 0 Å². The summed E-state index contributed by atoms with van der Waals surface area (Å²) in [5, 5.41) is 14.7. The van der Waals surface area contributed by atoms with Gasteiger partial charge in [0.2, 0.25) is 0 Å². The molecule has 0 aliphatic heterocycles. The highest BCUT2D eigenvalue weighted by atomic mass is 32.1. The van der Waals surface area contributed by atoms with Crippen molar-refractivity contribution in [1.82, 2.24) is 10.2 Å². The predicted octanol–water partition coefficient (Wildman–Crippen LogP) is 5.12. The number of nitrogens with one attached hydrogen (secondary N) is 1. The van der Waals surface area contributed by atoms with Crippen LogP contribution in [-0.4, -0.2) is 31.8 Å². The molecule has 0 saturated heterocycles. The summed E-state index contributed by atoms with van der Waals surface area (Å²) in [6.45, 7) is 12.7. The summed E-state index contributed by atoms with van der Waals surface area (Å²) in [7, 11) is 1.98. The van der Waals surface area contributed by atoms with Crippen LogP contribution in [0.1, 0.15) is 40.8 Å². The van der Waals surface area contributed by atoms with E-state index in [0.717, 1.165) is 65.3 Å². The molecule has 0 aliphatic carbocycles. The molecule has 1 aromatic carbocycles. The molecule has 27 heavy (non-hydrogen) atoms. The summed E-state index contributed by atoms with van der Waals surface area (Å²) in [6.07, 6.45) is 3.39. The van der Waals surface area contributed by atoms with Crippen molar-refractivity contribution < 1.29 is 0 Å². The van der Waals surface area contributed by atoms with E-state index in [1.165, 1.54) is 0 Å². The van der Waals surface area contributed by atoms with Gasteiger partial charge in [-0.2, -0.15) is 5.26 Å². The number of aryl methyl sites for hydroxylation is 1. The van der Waals surface area contributed by atoms with Crippen LogP contribution in [0.3, 0.4) is 0 Å². The molecule has 1 aromatic heterocycles. The van der Waals surface area contributed by atoms with Crippen LogP contribution in [0.4, 0.5) is 5.69 Å². The molecule has 0 saturated carbocycles. The fourth-order valence-corrected chi connectivity index (χ4v) is 4.05. The highest BCUT2D eigenvalue weighted by Crippen LogP contribution is 2.37. The maximum atomic E-state index is 9.43. The standard InChI is InChI=1S/C22H28N4S/c1-17-16-27-22(21(17)25-4)18(2)26(13-9-5-8-12-24-3)15-20-11-7-6-10-19(20)14-23/h6-7,10-11,16,24H,2,4-5,8-9,12-13,15H2,1,3H3. The van der Waals surface area contributed by atoms with Crippen LogP contribution in [0.25, 0.3) is 5.70 Å². The van der Waals surface area contributed by atoms with E-state index >= 15 is 0 Å². The molecule has 2 aromatic rings. The molecular weight excluding hydrogens is 352 g/mol. The second-order valence-electron chi connectivity index (χ2n) is 6.56. The van der Waals surface area contributed by atoms with Gasteiger partial charge in [0.1, 0.15) is 0 Å². The number of thiophene rings is 1. The van der Waals surface area contributed by atoms with Crippen molar-refractivity contribution in [3.05, 3.63) is 57.8 Å². The van der Waals surface area contributed by atoms with Crippen molar-refractivity contribution in [3.8, 4) is 6.07 Å². The van der Waals surface area contributed by atoms with Crippen LogP contribution >= 0.6 is 11.3 Å². The van der Waals surface area contributed by atoms with Crippen molar-refractivity contribution in [2.45, 2.75) is 32.7 Å². The zero-order valence-electron chi connectivity index (χ0n) is 16.3. The van der Waals surface area contributed by atoms with Crippen LogP contribution in [0.2, 0.25) is 0 Å². The highest BCUT2D eigenvalue weighted by molar-refractivity contribution is 7.11. The topological polar surface area (TPSA) is 51.4 Å². The Morgan fingerprint density at radius 3 is 2.78 bits per heavy atom. The molecule has 0 bridgehead atoms. The molecule has 1 heterocycles. The molecule has 0 aliphatic rings. The summed E-state index contributed by atoms with van der Waals surface area (Å²) in [4.78, 5) is 7.54. The van der Waals surface area contributed by atoms with Crippen molar-refractivity contribution in [1.29, 1.82) is 5.26 Å². The molecule has 2 rings (SSSR count). The minimum absolute atomic E-state index is 0.669. The number of benzene rings is 1. The van der Waals surface area contributed by atoms with Gasteiger partial charge in [0, 0.05) is 18.8 Å². The summed E-state index contributed by atoms with van der Waals surface area (Å²) in [5.41, 5.74) is 4.74. The van der Waals surface area contributed by atoms with Gasteiger partial charge in [-0.05, 0) is 62.6 Å². The molecule has 0 amide bonds. The minimum Gasteiger partial charge on any atom is -0.366 e. The van der Waals surface area contributed by atoms with E-state index in [0.29, 0.717) is 6.54 Å². The zero-order valence-corrected chi connectivity index (χ0v) is 17.1. The van der Waals surface area contributed by atoms with E-state index in [1.54, 1.807) is 11.3 Å². The van der Waals surface area contributed by atoms with Gasteiger partial charge in [0.25, 0.3) is 0 Å². The van der Waals surface area contributed by atoms with E-state index < -0.39 is 0 Å². The maximum absolute atomic E-state index is 9.43. The van der Waals surface area contributed by atoms with E-state index in [4.69, 9.17) is 0 Å². The summed E-state index contributed by atoms with van der Waals surface area (Å²) in [6, 6.07) is 10.1. The Morgan fingerprint density at radius 1 is 1.30 bits per heavy atom. The Kier molecular flexibility index (Phi) is 8.25. The zero-order chi connectivity index (χ0) is 19.6. The number of hydrogen-bond donors (Lipinski definition) is 1. The summed E-state index contributed by atoms with van der Waals surface area (Å²) < 4.78 is 0. The first-order chi connectivity index (χ1) is 13.1. The molecule has 5 heteroatoms. The van der Waals surface area contributed by atoms with Crippen molar-refractivity contribution >= 4 is 29.4 Å². The third-order valence-corrected chi connectivity index (χ3v) is 5.73. The smallest absolute Gasteiger partial charge is 0.0995 e. The molecule has 4 nitrogen and oxygen atoms in total. The first-order valence-corrected chi connectivity index (χ1v) is 10.1. The first kappa shape index (κ1) is 20.9. The number of aliphatic imine (C=N–C) groups is 1. The number of nitriles is 1. The monoisotopic (exact) mass is 380 g/mol. The second kappa shape index (κ2) is 10.7. The Labute approximate surface area is 166 Å². The van der Waals surface area contributed by atoms with Gasteiger partial charge in [-0.15, -0.1) is 11.3 Å². The average molecular weight is 381 g/mol. The van der Waals surface area contributed by atoms with E-state index in [1.807, 2.05) is 38.2 Å². The van der Waals surface area contributed by atoms with Gasteiger partial charge in [0.15, 0.2) is 0 Å². The van der Waals surface area contributed by atoms with Crippen molar-refractivity contribution in [3.63, 3.8) is 0 Å². The van der Waals surface area contributed by atoms with Gasteiger partial charge in [0.05, 0.1) is 22.2 Å². The minimum atomic E-state index is 0.669. The summed E-state index contributed by atoms with van der Waals surface area (Å²) in [5.74, 6) is 0. The van der Waals surface area contributed by atoms with E-state index in [2.05, 4.69) is 40.0 Å². The molecule has 1 N–H and O–H groups in total. The van der Waals surface area contributed by atoms with Crippen LogP contribution in [0.5, 0.6) is 0 Å². The van der Waals surface area contributed by atoms with Gasteiger partial charge < -0.3 is 10.2 Å². The van der Waals surface area contributed by atoms with Crippen LogP contribution in [0.15, 0.2) is 41.2 Å². The maximum Gasteiger partial charge on any atom is 0.0995 e. The van der Waals surface area contributed by atoms with Crippen molar-refractivity contribution in [2.24, 2.45) is 4.99 Å². The average Bonchev–Trinajstić information content (AvgIpc) is 3.07. The number of nitrogens with zero attached hydrogens (tertiary/aromatic N) is 3. The number of unbranched alkanes of at least 4 members (excludes halogenated alkanes) is 2. The second-order valence-corrected chi connectivity index (χ2v) is 7.44. The normalized spacial score (nSPS) is 10.4. The Hall–Kier alpha value is -2.42. The Balaban J connectivity index is 2.21. The quantitative estimate of drug-likeness (QED) is 0.435. The SMILES string of the molecule is C=Nc1c(C)csc1C(=C)N(CCCCCNC)Cc1ccccc1C#N. The van der Waals surface area contributed by atoms with Crippen molar-refractivity contribution in [2.75, 3.05) is 20.1 Å². The van der Waals surface area contributed by atoms with Gasteiger partial charge in [-0.1, -0.05) is 31.2 Å². The third kappa shape index (κ3) is 5.53. The van der Waals surface area contributed by atoms with E-state index in [9.17, 15) is 5.26 Å². The largest absolute Gasteiger partial charge is 0.366 e. The number of hydrogen-bond acceptors (Lipinski definition) is 5. The molecule has 142 valence electrons. The van der Waals surface area contributed by atoms with Crippen LogP contribution in [-0.2, 0) is 6.54 Å². The fraction of sp³-hybridized carbons (Fsp3) is 0.364. The van der Waals surface area contributed by atoms with Gasteiger partial charge in [-0.3, -0.25) is 4.99 Å². The molecular formula is C22H28N4S. The Morgan fingerprint density at radius 2 is 2.07 bits per heavy atom. The molecule has 0 radical (unpaired) electrons. The lowest BCUT2D eigenvalue weighted by molar-refractivity contribution is 0.377. The first-order valence-electron chi connectivity index (χ1n) is 9.24. The highest BCUT2D eigenvalue weighted by Gasteiger charge is 2.17. The number of rotatable bonds is 11. The Bertz CT molecular complexity index is 816. The lowest BCUT2D eigenvalue weighted by Crippen LogP contribution is -2.23. The van der Waals surface area contributed by atoms with Gasteiger partial charge >= 0.3 is 0 Å². The lowest BCUT2D eigenvalue weighted by atomic mass is 10.1. The van der Waals surface area contributed by atoms with Crippen LogP contribution < -0.4 is 5.32 Å². The summed E-state index contributed by atoms with van der Waals surface area (Å²) >= 11 is 1.66. The fourth-order valence-electron chi connectivity index (χ4n) is 3.05.